The first kappa shape index (κ1) is 7.10. The average Bonchev–Trinajstić information content (AvgIpc) is 1.31. The van der Waals surface area contributed by atoms with E-state index >= 15 is 0 Å². The quantitative estimate of drug-likeness (QED) is 0.299. The van der Waals surface area contributed by atoms with Gasteiger partial charge >= 0.3 is 0 Å². The van der Waals surface area contributed by atoms with Crippen molar-refractivity contribution in [3.8, 4) is 0 Å². The lowest BCUT2D eigenvalue weighted by Crippen LogP contribution is -2.66. The van der Waals surface area contributed by atoms with Crippen LogP contribution in [0.5, 0.6) is 0 Å². The monoisotopic (exact) mass is 118 g/mol. The first-order valence-corrected chi connectivity index (χ1v) is 4.62. The molecule has 0 unspecified atom stereocenters. The summed E-state index contributed by atoms with van der Waals surface area (Å²) in [6.07, 6.45) is 0. The summed E-state index contributed by atoms with van der Waals surface area (Å²) in [6.45, 7) is 3.95. The zero-order chi connectivity index (χ0) is 6.08. The van der Waals surface area contributed by atoms with Crippen LogP contribution in [-0.4, -0.2) is 14.2 Å². The molecule has 0 aliphatic heterocycles. The largest absolute Gasteiger partial charge is 0.305 e. The Kier molecular flexibility index (Phi) is 1.94. The number of hydrogen-bond donors (Lipinski definition) is 3. The van der Waals surface area contributed by atoms with Crippen molar-refractivity contribution in [1.82, 2.24) is 0 Å². The minimum Gasteiger partial charge on any atom is -0.305 e. The molecule has 0 aliphatic rings. The van der Waals surface area contributed by atoms with E-state index in [1.54, 1.807) is 0 Å². The van der Waals surface area contributed by atoms with E-state index in [1.807, 2.05) is 13.1 Å². The summed E-state index contributed by atoms with van der Waals surface area (Å²) in [6, 6.07) is 0. The zero-order valence-electron chi connectivity index (χ0n) is 4.73. The van der Waals surface area contributed by atoms with Crippen molar-refractivity contribution in [3.63, 3.8) is 0 Å². The lowest BCUT2D eigenvalue weighted by Gasteiger charge is -2.21. The van der Waals surface area contributed by atoms with Crippen molar-refractivity contribution >= 4 is 8.80 Å². The summed E-state index contributed by atoms with van der Waals surface area (Å²) in [5.74, 6) is 0. The van der Waals surface area contributed by atoms with Crippen LogP contribution in [0.15, 0.2) is 0 Å². The van der Waals surface area contributed by atoms with Gasteiger partial charge in [0.15, 0.2) is 0 Å². The van der Waals surface area contributed by atoms with Crippen LogP contribution < -0.4 is 17.2 Å². The second kappa shape index (κ2) is 1.91. The Balaban J connectivity index is 3.54. The van der Waals surface area contributed by atoms with Crippen molar-refractivity contribution < 1.29 is 0 Å². The van der Waals surface area contributed by atoms with E-state index in [4.69, 9.17) is 17.2 Å². The van der Waals surface area contributed by atoms with Crippen LogP contribution in [0, 0.1) is 0 Å². The molecular weight excluding hydrogens is 106 g/mol. The Hall–Kier alpha value is 0.0969. The fourth-order valence-electron chi connectivity index (χ4n) is 0. The van der Waals surface area contributed by atoms with Crippen LogP contribution in [0.3, 0.4) is 0 Å². The maximum absolute atomic E-state index is 5.28. The molecule has 43 valence electrons. The van der Waals surface area contributed by atoms with E-state index in [1.165, 1.54) is 0 Å². The Labute approximate surface area is 45.5 Å². The summed E-state index contributed by atoms with van der Waals surface area (Å²) >= 11 is 0. The van der Waals surface area contributed by atoms with Gasteiger partial charge in [-0.1, -0.05) is 13.1 Å². The highest BCUT2D eigenvalue weighted by Crippen LogP contribution is 1.85. The van der Waals surface area contributed by atoms with Crippen LogP contribution in [0.25, 0.3) is 0 Å². The molecule has 0 rings (SSSR count). The third-order valence-corrected chi connectivity index (χ3v) is 2.60. The molecule has 0 fully saturated rings. The molecule has 0 bridgehead atoms. The normalized spacial score (nSPS) is 12.9. The Morgan fingerprint density at radius 2 is 1.29 bits per heavy atom. The maximum Gasteiger partial charge on any atom is 0.105 e. The molecule has 4 heteroatoms. The highest BCUT2D eigenvalue weighted by molar-refractivity contribution is 6.59. The van der Waals surface area contributed by atoms with Gasteiger partial charge in [0.2, 0.25) is 0 Å². The predicted molar refractivity (Wildman–Crippen MR) is 32.8 cm³/mol. The lowest BCUT2D eigenvalue weighted by atomic mass is 11.0. The number of rotatable bonds is 1. The first-order valence-electron chi connectivity index (χ1n) is 2.12. The Morgan fingerprint density at radius 1 is 1.14 bits per heavy atom. The highest BCUT2D eigenvalue weighted by Gasteiger charge is 2.17. The summed E-state index contributed by atoms with van der Waals surface area (Å²) in [5, 5.41) is 0. The second-order valence-electron chi connectivity index (χ2n) is 1.93. The van der Waals surface area contributed by atoms with Crippen LogP contribution in [0.4, 0.5) is 0 Å². The molecule has 0 amide bonds. The third kappa shape index (κ3) is 2.75. The molecule has 0 atom stereocenters. The maximum atomic E-state index is 5.28. The van der Waals surface area contributed by atoms with E-state index in [2.05, 4.69) is 0 Å². The molecule has 0 aliphatic carbocycles. The van der Waals surface area contributed by atoms with Crippen LogP contribution in [0.2, 0.25) is 13.1 Å². The van der Waals surface area contributed by atoms with Gasteiger partial charge in [-0.2, -0.15) is 0 Å². The van der Waals surface area contributed by atoms with Crippen LogP contribution >= 0.6 is 0 Å². The minimum atomic E-state index is -0.898. The topological polar surface area (TPSA) is 78.1 Å². The predicted octanol–water partition coefficient (Wildman–Crippen LogP) is -1.19. The number of hydrogen-bond acceptors (Lipinski definition) is 3. The molecule has 3 nitrogen and oxygen atoms in total. The standard InChI is InChI=1S/C3H12N3Si/c1-7(2)3(4,5)6/h4-6H2,1-2H3. The van der Waals surface area contributed by atoms with Gasteiger partial charge in [-0.3, -0.25) is 0 Å². The van der Waals surface area contributed by atoms with Crippen molar-refractivity contribution in [3.05, 3.63) is 0 Å². The van der Waals surface area contributed by atoms with E-state index in [-0.39, 0.29) is 0 Å². The molecule has 0 aromatic carbocycles. The van der Waals surface area contributed by atoms with Crippen molar-refractivity contribution in [2.75, 3.05) is 0 Å². The molecule has 0 heterocycles. The van der Waals surface area contributed by atoms with E-state index in [9.17, 15) is 0 Å². The van der Waals surface area contributed by atoms with Crippen LogP contribution in [0.1, 0.15) is 0 Å². The molecule has 0 saturated heterocycles. The average molecular weight is 118 g/mol. The van der Waals surface area contributed by atoms with Gasteiger partial charge in [0.05, 0.1) is 5.41 Å². The SMILES string of the molecule is C[Si](C)C(N)(N)N. The fraction of sp³-hybridized carbons (Fsp3) is 1.00. The summed E-state index contributed by atoms with van der Waals surface area (Å²) < 4.78 is 0. The fourth-order valence-corrected chi connectivity index (χ4v) is 0. The Bertz CT molecular complexity index is 55.7. The van der Waals surface area contributed by atoms with Gasteiger partial charge in [0.25, 0.3) is 0 Å². The minimum absolute atomic E-state index is 0.717. The molecular formula is C3H12N3Si. The smallest absolute Gasteiger partial charge is 0.105 e. The molecule has 0 saturated carbocycles. The van der Waals surface area contributed by atoms with Crippen molar-refractivity contribution in [2.24, 2.45) is 17.2 Å². The van der Waals surface area contributed by atoms with Gasteiger partial charge < -0.3 is 17.2 Å². The lowest BCUT2D eigenvalue weighted by molar-refractivity contribution is 0.641. The summed E-state index contributed by atoms with van der Waals surface area (Å²) in [4.78, 5) is 0. The molecule has 0 spiro atoms. The summed E-state index contributed by atoms with van der Waals surface area (Å²) in [5.41, 5.74) is 14.9. The molecule has 7 heavy (non-hydrogen) atoms. The van der Waals surface area contributed by atoms with Crippen molar-refractivity contribution in [1.29, 1.82) is 0 Å². The highest BCUT2D eigenvalue weighted by atomic mass is 28.3. The van der Waals surface area contributed by atoms with Gasteiger partial charge in [-0.25, -0.2) is 0 Å². The van der Waals surface area contributed by atoms with E-state index < -0.39 is 14.2 Å². The van der Waals surface area contributed by atoms with E-state index in [0.29, 0.717) is 0 Å². The molecule has 0 aromatic rings. The zero-order valence-corrected chi connectivity index (χ0v) is 5.73. The second-order valence-corrected chi connectivity index (χ2v) is 4.80. The molecule has 0 aromatic heterocycles. The Morgan fingerprint density at radius 3 is 1.29 bits per heavy atom. The number of nitrogens with two attached hydrogens (primary N) is 3. The third-order valence-electron chi connectivity index (χ3n) is 0.866. The van der Waals surface area contributed by atoms with Gasteiger partial charge in [-0.05, 0) is 0 Å². The summed E-state index contributed by atoms with van der Waals surface area (Å²) in [7, 11) is -0.717. The van der Waals surface area contributed by atoms with Gasteiger partial charge in [-0.15, -0.1) is 0 Å². The van der Waals surface area contributed by atoms with Crippen LogP contribution in [-0.2, 0) is 0 Å². The van der Waals surface area contributed by atoms with E-state index in [0.717, 1.165) is 0 Å². The van der Waals surface area contributed by atoms with Gasteiger partial charge in [0, 0.05) is 0 Å². The first-order chi connectivity index (χ1) is 2.94. The van der Waals surface area contributed by atoms with Gasteiger partial charge in [0.1, 0.15) is 8.80 Å². The molecule has 1 radical (unpaired) electrons. The van der Waals surface area contributed by atoms with Crippen molar-refractivity contribution in [2.45, 2.75) is 18.5 Å². The molecule has 6 N–H and O–H groups in total.